The van der Waals surface area contributed by atoms with E-state index in [1.54, 1.807) is 0 Å². The molecule has 0 saturated heterocycles. The molecule has 142 valence electrons. The van der Waals surface area contributed by atoms with Crippen molar-refractivity contribution in [1.82, 2.24) is 0 Å². The van der Waals surface area contributed by atoms with Crippen molar-refractivity contribution in [3.05, 3.63) is 12.7 Å². The van der Waals surface area contributed by atoms with Gasteiger partial charge in [-0.1, -0.05) is 71.3 Å². The molecule has 0 radical (unpaired) electrons. The zero-order chi connectivity index (χ0) is 17.8. The maximum atomic E-state index is 13.5. The maximum absolute atomic E-state index is 13.5. The fourth-order valence-electron chi connectivity index (χ4n) is 4.38. The lowest BCUT2D eigenvalue weighted by Gasteiger charge is -2.27. The highest BCUT2D eigenvalue weighted by Crippen LogP contribution is 2.33. The van der Waals surface area contributed by atoms with Crippen LogP contribution in [-0.4, -0.2) is 12.3 Å². The molecule has 1 aliphatic rings. The molecule has 0 aromatic rings. The Morgan fingerprint density at radius 1 is 0.917 bits per heavy atom. The topological polar surface area (TPSA) is 0 Å². The fourth-order valence-corrected chi connectivity index (χ4v) is 4.38. The van der Waals surface area contributed by atoms with Gasteiger partial charge in [0.15, 0.2) is 0 Å². The lowest BCUT2D eigenvalue weighted by atomic mass is 9.82. The minimum absolute atomic E-state index is 0.420. The third kappa shape index (κ3) is 8.62. The summed E-state index contributed by atoms with van der Waals surface area (Å²) in [5.74, 6) is 1.93. The predicted molar refractivity (Wildman–Crippen MR) is 102 cm³/mol. The molecule has 0 nitrogen and oxygen atoms in total. The first kappa shape index (κ1) is 21.6. The summed E-state index contributed by atoms with van der Waals surface area (Å²) in [5.41, 5.74) is 0. The Bertz CT molecular complexity index is 315. The maximum Gasteiger partial charge on any atom is 0.131 e. The van der Waals surface area contributed by atoms with Crippen LogP contribution < -0.4 is 0 Å². The Balaban J connectivity index is 2.21. The molecular formula is C22H40F2. The van der Waals surface area contributed by atoms with E-state index in [0.29, 0.717) is 24.7 Å². The summed E-state index contributed by atoms with van der Waals surface area (Å²) >= 11 is 0. The second kappa shape index (κ2) is 12.9. The average molecular weight is 343 g/mol. The van der Waals surface area contributed by atoms with Gasteiger partial charge in [0.2, 0.25) is 0 Å². The molecule has 2 heteroatoms. The van der Waals surface area contributed by atoms with Crippen molar-refractivity contribution in [1.29, 1.82) is 0 Å². The van der Waals surface area contributed by atoms with Crippen molar-refractivity contribution in [2.75, 3.05) is 0 Å². The number of alkyl halides is 2. The molecule has 0 amide bonds. The smallest absolute Gasteiger partial charge is 0.131 e. The molecule has 0 aromatic carbocycles. The van der Waals surface area contributed by atoms with Gasteiger partial charge in [-0.2, -0.15) is 0 Å². The minimum atomic E-state index is -1.20. The number of allylic oxidation sites excluding steroid dienone is 1. The Hall–Kier alpha value is -0.400. The zero-order valence-electron chi connectivity index (χ0n) is 16.1. The first-order valence-corrected chi connectivity index (χ1v) is 10.5. The first-order chi connectivity index (χ1) is 11.6. The summed E-state index contributed by atoms with van der Waals surface area (Å²) in [6, 6.07) is 0. The molecule has 1 rings (SSSR count). The number of hydrogen-bond donors (Lipinski definition) is 0. The SMILES string of the molecule is C=CC(CCC)CCCC(CCC)CCCC1CCC(F)C(F)C1. The molecule has 0 heterocycles. The predicted octanol–water partition coefficient (Wildman–Crippen LogP) is 7.82. The van der Waals surface area contributed by atoms with E-state index < -0.39 is 12.3 Å². The van der Waals surface area contributed by atoms with Crippen molar-refractivity contribution < 1.29 is 8.78 Å². The van der Waals surface area contributed by atoms with Gasteiger partial charge in [0.25, 0.3) is 0 Å². The van der Waals surface area contributed by atoms with Crippen molar-refractivity contribution in [2.45, 2.75) is 110 Å². The molecule has 1 aliphatic carbocycles. The molecule has 1 saturated carbocycles. The second-order valence-corrected chi connectivity index (χ2v) is 8.01. The van der Waals surface area contributed by atoms with Crippen LogP contribution in [0.5, 0.6) is 0 Å². The monoisotopic (exact) mass is 342 g/mol. The minimum Gasteiger partial charge on any atom is -0.244 e. The molecule has 24 heavy (non-hydrogen) atoms. The highest BCUT2D eigenvalue weighted by molar-refractivity contribution is 4.80. The largest absolute Gasteiger partial charge is 0.244 e. The van der Waals surface area contributed by atoms with Crippen molar-refractivity contribution in [3.8, 4) is 0 Å². The molecular weight excluding hydrogens is 302 g/mol. The summed E-state index contributed by atoms with van der Waals surface area (Å²) in [6.07, 6.45) is 14.1. The zero-order valence-corrected chi connectivity index (χ0v) is 16.1. The quantitative estimate of drug-likeness (QED) is 0.299. The van der Waals surface area contributed by atoms with Crippen LogP contribution in [-0.2, 0) is 0 Å². The van der Waals surface area contributed by atoms with E-state index in [-0.39, 0.29) is 0 Å². The van der Waals surface area contributed by atoms with E-state index in [2.05, 4.69) is 26.5 Å². The third-order valence-electron chi connectivity index (χ3n) is 5.90. The van der Waals surface area contributed by atoms with Crippen LogP contribution in [0.1, 0.15) is 97.3 Å². The van der Waals surface area contributed by atoms with Gasteiger partial charge in [-0.3, -0.25) is 0 Å². The van der Waals surface area contributed by atoms with Crippen molar-refractivity contribution in [3.63, 3.8) is 0 Å². The first-order valence-electron chi connectivity index (χ1n) is 10.5. The van der Waals surface area contributed by atoms with Gasteiger partial charge in [0, 0.05) is 0 Å². The van der Waals surface area contributed by atoms with E-state index >= 15 is 0 Å². The number of rotatable bonds is 13. The van der Waals surface area contributed by atoms with Crippen LogP contribution >= 0.6 is 0 Å². The van der Waals surface area contributed by atoms with Gasteiger partial charge in [0.1, 0.15) is 12.3 Å². The van der Waals surface area contributed by atoms with Gasteiger partial charge in [-0.05, 0) is 49.9 Å². The molecule has 5 unspecified atom stereocenters. The summed E-state index contributed by atoms with van der Waals surface area (Å²) < 4.78 is 26.7. The normalized spacial score (nSPS) is 26.9. The van der Waals surface area contributed by atoms with Gasteiger partial charge in [-0.25, -0.2) is 8.78 Å². The van der Waals surface area contributed by atoms with E-state index in [1.807, 2.05) is 0 Å². The van der Waals surface area contributed by atoms with Crippen LogP contribution in [0, 0.1) is 17.8 Å². The summed E-state index contributed by atoms with van der Waals surface area (Å²) in [6.45, 7) is 8.48. The van der Waals surface area contributed by atoms with E-state index in [1.165, 1.54) is 57.8 Å². The summed E-state index contributed by atoms with van der Waals surface area (Å²) in [7, 11) is 0. The Labute approximate surface area is 149 Å². The lowest BCUT2D eigenvalue weighted by Crippen LogP contribution is -2.27. The highest BCUT2D eigenvalue weighted by Gasteiger charge is 2.30. The van der Waals surface area contributed by atoms with E-state index in [9.17, 15) is 8.78 Å². The number of hydrogen-bond acceptors (Lipinski definition) is 0. The van der Waals surface area contributed by atoms with Gasteiger partial charge >= 0.3 is 0 Å². The standard InChI is InChI=1S/C22H40F2/c1-4-9-18(6-3)11-7-12-19(10-5-2)13-8-14-20-15-16-21(23)22(24)17-20/h6,18-22H,3-5,7-17H2,1-2H3. The Morgan fingerprint density at radius 2 is 1.62 bits per heavy atom. The third-order valence-corrected chi connectivity index (χ3v) is 5.90. The summed E-state index contributed by atoms with van der Waals surface area (Å²) in [4.78, 5) is 0. The number of halogens is 2. The highest BCUT2D eigenvalue weighted by atomic mass is 19.2. The molecule has 0 bridgehead atoms. The van der Waals surface area contributed by atoms with E-state index in [0.717, 1.165) is 18.8 Å². The molecule has 1 fully saturated rings. The van der Waals surface area contributed by atoms with E-state index in [4.69, 9.17) is 0 Å². The fraction of sp³-hybridized carbons (Fsp3) is 0.909. The molecule has 5 atom stereocenters. The van der Waals surface area contributed by atoms with Crippen LogP contribution in [0.4, 0.5) is 8.78 Å². The van der Waals surface area contributed by atoms with Gasteiger partial charge in [-0.15, -0.1) is 6.58 Å². The van der Waals surface area contributed by atoms with Crippen molar-refractivity contribution >= 4 is 0 Å². The van der Waals surface area contributed by atoms with Gasteiger partial charge < -0.3 is 0 Å². The molecule has 0 spiro atoms. The van der Waals surface area contributed by atoms with Crippen LogP contribution in [0.15, 0.2) is 12.7 Å². The molecule has 0 aromatic heterocycles. The summed E-state index contributed by atoms with van der Waals surface area (Å²) in [5, 5.41) is 0. The van der Waals surface area contributed by atoms with Crippen LogP contribution in [0.3, 0.4) is 0 Å². The lowest BCUT2D eigenvalue weighted by molar-refractivity contribution is 0.0854. The molecule has 0 aliphatic heterocycles. The van der Waals surface area contributed by atoms with Crippen LogP contribution in [0.2, 0.25) is 0 Å². The second-order valence-electron chi connectivity index (χ2n) is 8.01. The average Bonchev–Trinajstić information content (AvgIpc) is 2.57. The Kier molecular flexibility index (Phi) is 11.6. The Morgan fingerprint density at radius 3 is 2.25 bits per heavy atom. The van der Waals surface area contributed by atoms with Crippen molar-refractivity contribution in [2.24, 2.45) is 17.8 Å². The molecule has 0 N–H and O–H groups in total. The van der Waals surface area contributed by atoms with Gasteiger partial charge in [0.05, 0.1) is 0 Å². The van der Waals surface area contributed by atoms with Crippen LogP contribution in [0.25, 0.3) is 0 Å².